The summed E-state index contributed by atoms with van der Waals surface area (Å²) in [5.74, 6) is 0.116. The quantitative estimate of drug-likeness (QED) is 0.268. The van der Waals surface area contributed by atoms with Crippen LogP contribution in [0.15, 0.2) is 42.5 Å². The number of nitrogens with zero attached hydrogens (tertiary/aromatic N) is 1. The number of nitrogens with one attached hydrogen (secondary N) is 1. The van der Waals surface area contributed by atoms with E-state index in [0.717, 1.165) is 34.7 Å². The maximum Gasteiger partial charge on any atom is 0.326 e. The van der Waals surface area contributed by atoms with E-state index in [-0.39, 0.29) is 11.4 Å². The number of hydrogen-bond acceptors (Lipinski definition) is 4. The Morgan fingerprint density at radius 1 is 1.08 bits per heavy atom. The van der Waals surface area contributed by atoms with Gasteiger partial charge in [-0.1, -0.05) is 62.4 Å². The zero-order valence-electron chi connectivity index (χ0n) is 24.8. The second kappa shape index (κ2) is 14.4. The summed E-state index contributed by atoms with van der Waals surface area (Å²) in [4.78, 5) is 27.9. The van der Waals surface area contributed by atoms with Crippen molar-refractivity contribution in [2.75, 3.05) is 12.0 Å². The number of thioether (sulfide) groups is 1. The van der Waals surface area contributed by atoms with Crippen molar-refractivity contribution in [2.24, 2.45) is 5.92 Å². The van der Waals surface area contributed by atoms with Crippen LogP contribution in [0.4, 0.5) is 0 Å². The summed E-state index contributed by atoms with van der Waals surface area (Å²) in [5.41, 5.74) is 4.66. The van der Waals surface area contributed by atoms with Gasteiger partial charge in [-0.25, -0.2) is 4.79 Å². The number of carboxylic acid groups (broad SMARTS) is 1. The molecule has 1 aliphatic rings. The Labute approximate surface area is 240 Å². The summed E-state index contributed by atoms with van der Waals surface area (Å²) in [6.07, 6.45) is 10.3. The molecule has 0 aromatic heterocycles. The first-order chi connectivity index (χ1) is 18.5. The van der Waals surface area contributed by atoms with Crippen LogP contribution in [-0.2, 0) is 11.3 Å². The van der Waals surface area contributed by atoms with Crippen LogP contribution in [0, 0.1) is 12.8 Å². The average molecular weight is 553 g/mol. The number of hydrogen-bond donors (Lipinski definition) is 2. The minimum Gasteiger partial charge on any atom is -0.480 e. The van der Waals surface area contributed by atoms with E-state index in [2.05, 4.69) is 57.0 Å². The number of carbonyl (C=O) groups is 2. The van der Waals surface area contributed by atoms with Gasteiger partial charge in [0, 0.05) is 23.7 Å². The van der Waals surface area contributed by atoms with Gasteiger partial charge in [0.25, 0.3) is 5.91 Å². The molecule has 3 rings (SSSR count). The van der Waals surface area contributed by atoms with Gasteiger partial charge in [0.1, 0.15) is 6.04 Å². The molecule has 2 aromatic carbocycles. The van der Waals surface area contributed by atoms with Crippen LogP contribution in [0.3, 0.4) is 0 Å². The van der Waals surface area contributed by atoms with E-state index in [0.29, 0.717) is 23.8 Å². The summed E-state index contributed by atoms with van der Waals surface area (Å²) in [7, 11) is 0. The molecule has 0 heterocycles. The van der Waals surface area contributed by atoms with Crippen molar-refractivity contribution in [1.29, 1.82) is 0 Å². The smallest absolute Gasteiger partial charge is 0.326 e. The van der Waals surface area contributed by atoms with Crippen LogP contribution in [-0.4, -0.2) is 51.5 Å². The molecule has 1 saturated carbocycles. The third kappa shape index (κ3) is 8.59. The monoisotopic (exact) mass is 552 g/mol. The number of rotatable bonds is 13. The SMILES string of the molecule is CSCCC(NC(=O)c1ccc(CN(C(C)C)C(C)(C)CC2CCCCC2)cc1-c1ccccc1C)C(=O)O. The molecule has 0 saturated heterocycles. The molecule has 0 bridgehead atoms. The van der Waals surface area contributed by atoms with E-state index < -0.39 is 12.0 Å². The van der Waals surface area contributed by atoms with Gasteiger partial charge in [0.05, 0.1) is 0 Å². The number of benzene rings is 2. The number of amides is 1. The summed E-state index contributed by atoms with van der Waals surface area (Å²) in [6, 6.07) is 13.6. The third-order valence-corrected chi connectivity index (χ3v) is 8.89. The molecule has 214 valence electrons. The van der Waals surface area contributed by atoms with Crippen LogP contribution >= 0.6 is 11.8 Å². The van der Waals surface area contributed by atoms with Gasteiger partial charge in [-0.2, -0.15) is 11.8 Å². The van der Waals surface area contributed by atoms with Crippen LogP contribution in [0.5, 0.6) is 0 Å². The molecule has 1 unspecified atom stereocenters. The third-order valence-electron chi connectivity index (χ3n) is 8.24. The molecule has 1 amide bonds. The van der Waals surface area contributed by atoms with Gasteiger partial charge in [-0.15, -0.1) is 0 Å². The Hall–Kier alpha value is -2.31. The molecule has 0 aliphatic heterocycles. The van der Waals surface area contributed by atoms with E-state index in [9.17, 15) is 14.7 Å². The zero-order valence-corrected chi connectivity index (χ0v) is 25.6. The maximum atomic E-state index is 13.5. The van der Waals surface area contributed by atoms with Crippen molar-refractivity contribution in [3.63, 3.8) is 0 Å². The normalized spacial score (nSPS) is 15.5. The molecule has 5 nitrogen and oxygen atoms in total. The highest BCUT2D eigenvalue weighted by Crippen LogP contribution is 2.36. The van der Waals surface area contributed by atoms with E-state index >= 15 is 0 Å². The summed E-state index contributed by atoms with van der Waals surface area (Å²) in [6.45, 7) is 12.2. The van der Waals surface area contributed by atoms with E-state index in [1.807, 2.05) is 36.6 Å². The van der Waals surface area contributed by atoms with Crippen molar-refractivity contribution in [3.8, 4) is 11.1 Å². The fourth-order valence-electron chi connectivity index (χ4n) is 6.22. The average Bonchev–Trinajstić information content (AvgIpc) is 2.89. The molecule has 0 radical (unpaired) electrons. The molecule has 1 fully saturated rings. The van der Waals surface area contributed by atoms with Crippen molar-refractivity contribution >= 4 is 23.6 Å². The van der Waals surface area contributed by atoms with Crippen molar-refractivity contribution in [1.82, 2.24) is 10.2 Å². The van der Waals surface area contributed by atoms with Crippen molar-refractivity contribution in [2.45, 2.75) is 104 Å². The fourth-order valence-corrected chi connectivity index (χ4v) is 6.69. The minimum atomic E-state index is -1.00. The van der Waals surface area contributed by atoms with Gasteiger partial charge in [-0.3, -0.25) is 9.69 Å². The first-order valence-corrected chi connectivity index (χ1v) is 15.9. The molecule has 2 N–H and O–H groups in total. The van der Waals surface area contributed by atoms with Crippen LogP contribution < -0.4 is 5.32 Å². The molecule has 39 heavy (non-hydrogen) atoms. The number of aliphatic carboxylic acids is 1. The van der Waals surface area contributed by atoms with Gasteiger partial charge in [0.15, 0.2) is 0 Å². The van der Waals surface area contributed by atoms with Crippen molar-refractivity contribution in [3.05, 3.63) is 59.2 Å². The molecule has 0 spiro atoms. The predicted octanol–water partition coefficient (Wildman–Crippen LogP) is 7.56. The highest BCUT2D eigenvalue weighted by Gasteiger charge is 2.32. The summed E-state index contributed by atoms with van der Waals surface area (Å²) >= 11 is 1.58. The van der Waals surface area contributed by atoms with Gasteiger partial charge in [-0.05, 0) is 99.8 Å². The second-order valence-corrected chi connectivity index (χ2v) is 13.1. The number of aryl methyl sites for hydroxylation is 1. The molecule has 6 heteroatoms. The lowest BCUT2D eigenvalue weighted by Gasteiger charge is -2.44. The summed E-state index contributed by atoms with van der Waals surface area (Å²) < 4.78 is 0. The molecule has 1 atom stereocenters. The number of carboxylic acids is 1. The van der Waals surface area contributed by atoms with Crippen molar-refractivity contribution < 1.29 is 14.7 Å². The largest absolute Gasteiger partial charge is 0.480 e. The van der Waals surface area contributed by atoms with Crippen LogP contribution in [0.2, 0.25) is 0 Å². The highest BCUT2D eigenvalue weighted by molar-refractivity contribution is 7.98. The Bertz CT molecular complexity index is 1110. The predicted molar refractivity (Wildman–Crippen MR) is 164 cm³/mol. The fraction of sp³-hybridized carbons (Fsp3) is 0.576. The Morgan fingerprint density at radius 2 is 1.77 bits per heavy atom. The zero-order chi connectivity index (χ0) is 28.6. The van der Waals surface area contributed by atoms with Crippen LogP contribution in [0.1, 0.15) is 94.1 Å². The van der Waals surface area contributed by atoms with Crippen LogP contribution in [0.25, 0.3) is 11.1 Å². The Kier molecular flexibility index (Phi) is 11.5. The molecule has 2 aromatic rings. The summed E-state index contributed by atoms with van der Waals surface area (Å²) in [5, 5.41) is 12.5. The van der Waals surface area contributed by atoms with Gasteiger partial charge >= 0.3 is 5.97 Å². The van der Waals surface area contributed by atoms with E-state index in [4.69, 9.17) is 0 Å². The Balaban J connectivity index is 1.94. The van der Waals surface area contributed by atoms with Gasteiger partial charge in [0.2, 0.25) is 0 Å². The lowest BCUT2D eigenvalue weighted by molar-refractivity contribution is -0.139. The minimum absolute atomic E-state index is 0.0566. The lowest BCUT2D eigenvalue weighted by Crippen LogP contribution is -2.48. The lowest BCUT2D eigenvalue weighted by atomic mass is 9.79. The maximum absolute atomic E-state index is 13.5. The molecular formula is C33H48N2O3S. The number of carbonyl (C=O) groups excluding carboxylic acids is 1. The topological polar surface area (TPSA) is 69.6 Å². The molecular weight excluding hydrogens is 504 g/mol. The standard InChI is InChI=1S/C33H48N2O3S/c1-23(2)35(33(4,5)21-25-13-8-7-9-14-25)22-26-16-17-28(29(20-26)27-15-11-10-12-24(27)3)31(36)34-30(32(37)38)18-19-39-6/h10-12,15-17,20,23,25,30H,7-9,13-14,18-19,21-22H2,1-6H3,(H,34,36)(H,37,38). The first-order valence-electron chi connectivity index (χ1n) is 14.5. The first kappa shape index (κ1) is 31.2. The van der Waals surface area contributed by atoms with E-state index in [1.165, 1.54) is 38.5 Å². The second-order valence-electron chi connectivity index (χ2n) is 12.1. The van der Waals surface area contributed by atoms with E-state index in [1.54, 1.807) is 11.8 Å². The Morgan fingerprint density at radius 3 is 2.38 bits per heavy atom. The molecule has 1 aliphatic carbocycles. The van der Waals surface area contributed by atoms with Gasteiger partial charge < -0.3 is 10.4 Å². The highest BCUT2D eigenvalue weighted by atomic mass is 32.2.